The number of hydrogen-bond acceptors (Lipinski definition) is 4. The Kier molecular flexibility index (Phi) is 7.91. The molecule has 88 valence electrons. The minimum Gasteiger partial charge on any atom is -0.462 e. The van der Waals surface area contributed by atoms with Crippen LogP contribution < -0.4 is 5.73 Å². The molecule has 0 aromatic rings. The maximum Gasteiger partial charge on any atom is 0.306 e. The van der Waals surface area contributed by atoms with Gasteiger partial charge in [-0.15, -0.1) is 0 Å². The zero-order chi connectivity index (χ0) is 11.7. The highest BCUT2D eigenvalue weighted by Gasteiger charge is 2.12. The molecule has 0 amide bonds. The summed E-state index contributed by atoms with van der Waals surface area (Å²) in [5, 5.41) is 0. The quantitative estimate of drug-likeness (QED) is 0.622. The van der Waals surface area contributed by atoms with Crippen LogP contribution >= 0.6 is 0 Å². The van der Waals surface area contributed by atoms with E-state index in [1.54, 1.807) is 0 Å². The largest absolute Gasteiger partial charge is 0.462 e. The minimum atomic E-state index is -0.294. The fourth-order valence-corrected chi connectivity index (χ4v) is 1.26. The Bertz CT molecular complexity index is 204. The molecule has 0 rings (SSSR count). The molecule has 15 heavy (non-hydrogen) atoms. The minimum absolute atomic E-state index is 0.000549. The Labute approximate surface area is 91.2 Å². The second kappa shape index (κ2) is 8.41. The number of Topliss-reactive ketones (excluding diaryl/α,β-unsaturated/α-hetero) is 1. The lowest BCUT2D eigenvalue weighted by molar-refractivity contribution is -0.150. The van der Waals surface area contributed by atoms with Crippen LogP contribution in [0.15, 0.2) is 0 Å². The van der Waals surface area contributed by atoms with Gasteiger partial charge in [-0.2, -0.15) is 0 Å². The Morgan fingerprint density at radius 2 is 1.93 bits per heavy atom. The third kappa shape index (κ3) is 7.08. The van der Waals surface area contributed by atoms with Crippen molar-refractivity contribution in [3.8, 4) is 0 Å². The summed E-state index contributed by atoms with van der Waals surface area (Å²) in [6.45, 7) is 4.03. The summed E-state index contributed by atoms with van der Waals surface area (Å²) >= 11 is 0. The van der Waals surface area contributed by atoms with Crippen molar-refractivity contribution in [1.29, 1.82) is 0 Å². The first-order chi connectivity index (χ1) is 7.13. The lowest BCUT2D eigenvalue weighted by atomic mass is 10.1. The Hall–Kier alpha value is -0.900. The number of carbonyl (C=O) groups is 2. The average molecular weight is 215 g/mol. The predicted molar refractivity (Wildman–Crippen MR) is 58.4 cm³/mol. The average Bonchev–Trinajstić information content (AvgIpc) is 2.25. The first kappa shape index (κ1) is 14.1. The number of nitrogens with two attached hydrogens (primary N) is 1. The molecule has 0 spiro atoms. The van der Waals surface area contributed by atoms with Gasteiger partial charge < -0.3 is 10.5 Å². The fourth-order valence-electron chi connectivity index (χ4n) is 1.26. The van der Waals surface area contributed by atoms with Crippen LogP contribution in [0.1, 0.15) is 46.0 Å². The zero-order valence-electron chi connectivity index (χ0n) is 9.62. The molecule has 4 nitrogen and oxygen atoms in total. The van der Waals surface area contributed by atoms with Crippen molar-refractivity contribution in [3.63, 3.8) is 0 Å². The van der Waals surface area contributed by atoms with E-state index in [1.165, 1.54) is 0 Å². The van der Waals surface area contributed by atoms with E-state index < -0.39 is 0 Å². The van der Waals surface area contributed by atoms with Crippen LogP contribution in [0.5, 0.6) is 0 Å². The first-order valence-corrected chi connectivity index (χ1v) is 5.55. The standard InChI is InChI=1S/C11H21NO3/c1-3-5-10(4-2)15-11(14)7-6-9(13)8-12/h10H,3-8,12H2,1-2H3. The topological polar surface area (TPSA) is 69.4 Å². The number of carbonyl (C=O) groups excluding carboxylic acids is 2. The van der Waals surface area contributed by atoms with Gasteiger partial charge in [0.1, 0.15) is 11.9 Å². The van der Waals surface area contributed by atoms with Gasteiger partial charge in [-0.1, -0.05) is 20.3 Å². The molecule has 0 heterocycles. The van der Waals surface area contributed by atoms with Gasteiger partial charge in [0.05, 0.1) is 13.0 Å². The van der Waals surface area contributed by atoms with Crippen molar-refractivity contribution < 1.29 is 14.3 Å². The van der Waals surface area contributed by atoms with E-state index in [4.69, 9.17) is 10.5 Å². The van der Waals surface area contributed by atoms with Crippen molar-refractivity contribution in [2.24, 2.45) is 5.73 Å². The number of esters is 1. The molecule has 0 saturated carbocycles. The summed E-state index contributed by atoms with van der Waals surface area (Å²) in [5.74, 6) is -0.396. The van der Waals surface area contributed by atoms with Crippen molar-refractivity contribution in [1.82, 2.24) is 0 Å². The second-order valence-electron chi connectivity index (χ2n) is 3.55. The van der Waals surface area contributed by atoms with E-state index in [0.29, 0.717) is 0 Å². The molecule has 0 bridgehead atoms. The molecule has 0 saturated heterocycles. The maximum atomic E-state index is 11.3. The van der Waals surface area contributed by atoms with Gasteiger partial charge in [0.2, 0.25) is 0 Å². The van der Waals surface area contributed by atoms with E-state index >= 15 is 0 Å². The normalized spacial score (nSPS) is 12.2. The lowest BCUT2D eigenvalue weighted by Gasteiger charge is -2.14. The number of rotatable bonds is 8. The lowest BCUT2D eigenvalue weighted by Crippen LogP contribution is -2.19. The van der Waals surface area contributed by atoms with E-state index in [0.717, 1.165) is 19.3 Å². The molecule has 4 heteroatoms. The van der Waals surface area contributed by atoms with Gasteiger partial charge >= 0.3 is 5.97 Å². The predicted octanol–water partition coefficient (Wildman–Crippen LogP) is 1.42. The van der Waals surface area contributed by atoms with Gasteiger partial charge in [-0.25, -0.2) is 0 Å². The highest BCUT2D eigenvalue weighted by Crippen LogP contribution is 2.08. The molecule has 0 aromatic heterocycles. The summed E-state index contributed by atoms with van der Waals surface area (Å²) in [4.78, 5) is 22.2. The van der Waals surface area contributed by atoms with Crippen molar-refractivity contribution >= 4 is 11.8 Å². The molecule has 2 N–H and O–H groups in total. The van der Waals surface area contributed by atoms with E-state index in [1.807, 2.05) is 6.92 Å². The van der Waals surface area contributed by atoms with Gasteiger partial charge in [0.15, 0.2) is 0 Å². The smallest absolute Gasteiger partial charge is 0.306 e. The van der Waals surface area contributed by atoms with Crippen LogP contribution in [-0.2, 0) is 14.3 Å². The summed E-state index contributed by atoms with van der Waals surface area (Å²) < 4.78 is 5.20. The number of ether oxygens (including phenoxy) is 1. The van der Waals surface area contributed by atoms with Gasteiger partial charge in [-0.3, -0.25) is 9.59 Å². The van der Waals surface area contributed by atoms with Crippen LogP contribution in [0.3, 0.4) is 0 Å². The van der Waals surface area contributed by atoms with Crippen LogP contribution in [-0.4, -0.2) is 24.4 Å². The first-order valence-electron chi connectivity index (χ1n) is 5.55. The fraction of sp³-hybridized carbons (Fsp3) is 0.818. The molecule has 0 aliphatic heterocycles. The van der Waals surface area contributed by atoms with E-state index in [2.05, 4.69) is 6.92 Å². The van der Waals surface area contributed by atoms with Crippen molar-refractivity contribution in [2.75, 3.05) is 6.54 Å². The Balaban J connectivity index is 3.75. The summed E-state index contributed by atoms with van der Waals surface area (Å²) in [7, 11) is 0. The van der Waals surface area contributed by atoms with Crippen LogP contribution in [0.25, 0.3) is 0 Å². The SMILES string of the molecule is CCCC(CC)OC(=O)CCC(=O)CN. The van der Waals surface area contributed by atoms with Gasteiger partial charge in [0, 0.05) is 6.42 Å². The summed E-state index contributed by atoms with van der Waals surface area (Å²) in [6.07, 6.45) is 3.04. The maximum absolute atomic E-state index is 11.3. The van der Waals surface area contributed by atoms with Crippen LogP contribution in [0.2, 0.25) is 0 Å². The molecular weight excluding hydrogens is 194 g/mol. The highest BCUT2D eigenvalue weighted by atomic mass is 16.5. The number of hydrogen-bond donors (Lipinski definition) is 1. The second-order valence-corrected chi connectivity index (χ2v) is 3.55. The van der Waals surface area contributed by atoms with Crippen molar-refractivity contribution in [3.05, 3.63) is 0 Å². The van der Waals surface area contributed by atoms with Crippen molar-refractivity contribution in [2.45, 2.75) is 52.1 Å². The van der Waals surface area contributed by atoms with E-state index in [-0.39, 0.29) is 37.2 Å². The molecule has 0 fully saturated rings. The molecular formula is C11H21NO3. The van der Waals surface area contributed by atoms with Crippen LogP contribution in [0.4, 0.5) is 0 Å². The van der Waals surface area contributed by atoms with E-state index in [9.17, 15) is 9.59 Å². The molecule has 1 unspecified atom stereocenters. The third-order valence-corrected chi connectivity index (χ3v) is 2.20. The van der Waals surface area contributed by atoms with Gasteiger partial charge in [0.25, 0.3) is 0 Å². The molecule has 0 aromatic carbocycles. The number of ketones is 1. The molecule has 0 aliphatic rings. The van der Waals surface area contributed by atoms with Crippen LogP contribution in [0, 0.1) is 0 Å². The molecule has 1 atom stereocenters. The Morgan fingerprint density at radius 3 is 2.40 bits per heavy atom. The Morgan fingerprint density at radius 1 is 1.27 bits per heavy atom. The zero-order valence-corrected chi connectivity index (χ0v) is 9.62. The van der Waals surface area contributed by atoms with Gasteiger partial charge in [-0.05, 0) is 12.8 Å². The molecule has 0 radical (unpaired) electrons. The summed E-state index contributed by atoms with van der Waals surface area (Å²) in [5.41, 5.74) is 5.13. The highest BCUT2D eigenvalue weighted by molar-refractivity contribution is 5.84. The summed E-state index contributed by atoms with van der Waals surface area (Å²) in [6, 6.07) is 0. The monoisotopic (exact) mass is 215 g/mol. The third-order valence-electron chi connectivity index (χ3n) is 2.20. The molecule has 0 aliphatic carbocycles.